The van der Waals surface area contributed by atoms with Gasteiger partial charge in [0.1, 0.15) is 5.44 Å². The second-order valence-corrected chi connectivity index (χ2v) is 3.51. The molecule has 0 fully saturated rings. The fourth-order valence-corrected chi connectivity index (χ4v) is 1.35. The Labute approximate surface area is 67.0 Å². The minimum atomic E-state index is 0.240. The Morgan fingerprint density at radius 2 is 2.30 bits per heavy atom. The van der Waals surface area contributed by atoms with Crippen LogP contribution in [0.4, 0.5) is 0 Å². The van der Waals surface area contributed by atoms with E-state index in [1.807, 2.05) is 20.2 Å². The summed E-state index contributed by atoms with van der Waals surface area (Å²) in [5.41, 5.74) is 0.240. The molecule has 1 N–H and O–H groups in total. The first-order valence-corrected chi connectivity index (χ1v) is 4.12. The normalized spacial score (nSPS) is 15.0. The molecule has 0 aromatic rings. The van der Waals surface area contributed by atoms with Crippen molar-refractivity contribution in [3.05, 3.63) is 11.1 Å². The summed E-state index contributed by atoms with van der Waals surface area (Å²) < 4.78 is 5.06. The van der Waals surface area contributed by atoms with Gasteiger partial charge in [-0.1, -0.05) is 11.8 Å². The van der Waals surface area contributed by atoms with Crippen molar-refractivity contribution in [3.8, 4) is 0 Å². The lowest BCUT2D eigenvalue weighted by Crippen LogP contribution is -2.00. The third-order valence-electron chi connectivity index (χ3n) is 1.03. The molecule has 0 aliphatic carbocycles. The smallest absolute Gasteiger partial charge is 0.104 e. The number of hydrogen-bond acceptors (Lipinski definition) is 3. The molecule has 0 aromatic heterocycles. The number of allylic oxidation sites excluding steroid dienone is 1. The van der Waals surface area contributed by atoms with Gasteiger partial charge < -0.3 is 10.1 Å². The molecule has 10 heavy (non-hydrogen) atoms. The van der Waals surface area contributed by atoms with E-state index in [1.165, 1.54) is 4.91 Å². The van der Waals surface area contributed by atoms with E-state index in [2.05, 4.69) is 12.2 Å². The van der Waals surface area contributed by atoms with Crippen molar-refractivity contribution in [2.24, 2.45) is 0 Å². The number of rotatable bonds is 4. The molecule has 0 amide bonds. The molecule has 0 saturated carbocycles. The van der Waals surface area contributed by atoms with Gasteiger partial charge in [0.05, 0.1) is 0 Å². The average molecular weight is 161 g/mol. The van der Waals surface area contributed by atoms with Crippen LogP contribution in [0.3, 0.4) is 0 Å². The molecule has 0 heterocycles. The first kappa shape index (κ1) is 9.85. The van der Waals surface area contributed by atoms with Crippen LogP contribution in [-0.4, -0.2) is 19.6 Å². The van der Waals surface area contributed by atoms with Crippen molar-refractivity contribution in [2.45, 2.75) is 19.3 Å². The highest BCUT2D eigenvalue weighted by Crippen LogP contribution is 2.19. The van der Waals surface area contributed by atoms with Crippen LogP contribution < -0.4 is 5.32 Å². The van der Waals surface area contributed by atoms with Crippen LogP contribution in [0.1, 0.15) is 13.8 Å². The van der Waals surface area contributed by atoms with E-state index in [9.17, 15) is 0 Å². The van der Waals surface area contributed by atoms with Gasteiger partial charge in [-0.15, -0.1) is 0 Å². The van der Waals surface area contributed by atoms with E-state index in [1.54, 1.807) is 18.9 Å². The van der Waals surface area contributed by atoms with Gasteiger partial charge in [-0.2, -0.15) is 0 Å². The van der Waals surface area contributed by atoms with Crippen molar-refractivity contribution < 1.29 is 4.74 Å². The van der Waals surface area contributed by atoms with E-state index < -0.39 is 0 Å². The number of methoxy groups -OCH3 is 1. The van der Waals surface area contributed by atoms with E-state index in [0.29, 0.717) is 0 Å². The molecular formula is C7H15NOS. The molecule has 2 nitrogen and oxygen atoms in total. The third kappa shape index (κ3) is 4.70. The summed E-state index contributed by atoms with van der Waals surface area (Å²) in [6.45, 7) is 4.08. The van der Waals surface area contributed by atoms with E-state index in [0.717, 1.165) is 0 Å². The monoisotopic (exact) mass is 161 g/mol. The van der Waals surface area contributed by atoms with Gasteiger partial charge in [0, 0.05) is 20.4 Å². The second-order valence-electron chi connectivity index (χ2n) is 1.96. The lowest BCUT2D eigenvalue weighted by atomic mass is 10.7. The predicted octanol–water partition coefficient (Wildman–Crippen LogP) is 1.79. The van der Waals surface area contributed by atoms with Crippen LogP contribution in [-0.2, 0) is 4.74 Å². The predicted molar refractivity (Wildman–Crippen MR) is 46.9 cm³/mol. The van der Waals surface area contributed by atoms with Crippen LogP contribution in [0.2, 0.25) is 0 Å². The molecule has 0 saturated heterocycles. The van der Waals surface area contributed by atoms with Gasteiger partial charge in [-0.3, -0.25) is 0 Å². The SMILES string of the molecule is CN/C=C(/C)SC(C)OC. The van der Waals surface area contributed by atoms with Crippen molar-refractivity contribution >= 4 is 11.8 Å². The van der Waals surface area contributed by atoms with Crippen LogP contribution in [0.5, 0.6) is 0 Å². The number of thioether (sulfide) groups is 1. The fraction of sp³-hybridized carbons (Fsp3) is 0.714. The molecule has 0 rings (SSSR count). The molecular weight excluding hydrogens is 146 g/mol. The van der Waals surface area contributed by atoms with Crippen LogP contribution in [0.15, 0.2) is 11.1 Å². The van der Waals surface area contributed by atoms with Crippen molar-refractivity contribution in [1.82, 2.24) is 5.32 Å². The van der Waals surface area contributed by atoms with Crippen LogP contribution >= 0.6 is 11.8 Å². The maximum Gasteiger partial charge on any atom is 0.104 e. The molecule has 0 spiro atoms. The maximum absolute atomic E-state index is 5.06. The van der Waals surface area contributed by atoms with Crippen molar-refractivity contribution in [2.75, 3.05) is 14.2 Å². The molecule has 0 bridgehead atoms. The summed E-state index contributed by atoms with van der Waals surface area (Å²) in [5.74, 6) is 0. The van der Waals surface area contributed by atoms with E-state index >= 15 is 0 Å². The molecule has 3 heteroatoms. The third-order valence-corrected chi connectivity index (χ3v) is 2.05. The van der Waals surface area contributed by atoms with Gasteiger partial charge in [0.25, 0.3) is 0 Å². The summed E-state index contributed by atoms with van der Waals surface area (Å²) in [6, 6.07) is 0. The summed E-state index contributed by atoms with van der Waals surface area (Å²) >= 11 is 1.70. The summed E-state index contributed by atoms with van der Waals surface area (Å²) in [7, 11) is 3.60. The topological polar surface area (TPSA) is 21.3 Å². The molecule has 0 aliphatic rings. The number of ether oxygens (including phenoxy) is 1. The van der Waals surface area contributed by atoms with Gasteiger partial charge in [0.2, 0.25) is 0 Å². The Bertz CT molecular complexity index is 114. The van der Waals surface area contributed by atoms with Gasteiger partial charge in [-0.05, 0) is 18.8 Å². The van der Waals surface area contributed by atoms with Crippen molar-refractivity contribution in [3.63, 3.8) is 0 Å². The molecule has 0 radical (unpaired) electrons. The highest BCUT2D eigenvalue weighted by atomic mass is 32.2. The Morgan fingerprint density at radius 3 is 2.70 bits per heavy atom. The van der Waals surface area contributed by atoms with E-state index in [-0.39, 0.29) is 5.44 Å². The number of nitrogens with one attached hydrogen (secondary N) is 1. The average Bonchev–Trinajstić information content (AvgIpc) is 1.88. The fourth-order valence-electron chi connectivity index (χ4n) is 0.547. The minimum Gasteiger partial charge on any atom is -0.393 e. The number of hydrogen-bond donors (Lipinski definition) is 1. The lowest BCUT2D eigenvalue weighted by Gasteiger charge is -2.08. The Kier molecular flexibility index (Phi) is 5.54. The maximum atomic E-state index is 5.06. The van der Waals surface area contributed by atoms with Crippen LogP contribution in [0.25, 0.3) is 0 Å². The van der Waals surface area contributed by atoms with Crippen LogP contribution in [0, 0.1) is 0 Å². The standard InChI is InChI=1S/C7H15NOS/c1-6(5-8-3)10-7(2)9-4/h5,7-8H,1-4H3/b6-5-. The Balaban J connectivity index is 3.56. The van der Waals surface area contributed by atoms with Gasteiger partial charge >= 0.3 is 0 Å². The molecule has 0 aromatic carbocycles. The summed E-state index contributed by atoms with van der Waals surface area (Å²) in [4.78, 5) is 1.23. The second kappa shape index (κ2) is 5.62. The Hall–Kier alpha value is -0.150. The van der Waals surface area contributed by atoms with E-state index in [4.69, 9.17) is 4.74 Å². The largest absolute Gasteiger partial charge is 0.393 e. The zero-order chi connectivity index (χ0) is 7.98. The Morgan fingerprint density at radius 1 is 1.70 bits per heavy atom. The highest BCUT2D eigenvalue weighted by Gasteiger charge is 1.98. The lowest BCUT2D eigenvalue weighted by molar-refractivity contribution is 0.188. The van der Waals surface area contributed by atoms with Gasteiger partial charge in [-0.25, -0.2) is 0 Å². The molecule has 1 atom stereocenters. The van der Waals surface area contributed by atoms with Crippen molar-refractivity contribution in [1.29, 1.82) is 0 Å². The minimum absolute atomic E-state index is 0.240. The van der Waals surface area contributed by atoms with Gasteiger partial charge in [0.15, 0.2) is 0 Å². The highest BCUT2D eigenvalue weighted by molar-refractivity contribution is 8.03. The molecule has 1 unspecified atom stereocenters. The zero-order valence-electron chi connectivity index (χ0n) is 6.97. The molecule has 0 aliphatic heterocycles. The first-order valence-electron chi connectivity index (χ1n) is 3.24. The summed E-state index contributed by atoms with van der Waals surface area (Å²) in [6.07, 6.45) is 1.96. The zero-order valence-corrected chi connectivity index (χ0v) is 7.79. The first-order chi connectivity index (χ1) is 4.70. The summed E-state index contributed by atoms with van der Waals surface area (Å²) in [5, 5.41) is 2.96. The quantitative estimate of drug-likeness (QED) is 0.635. The molecule has 60 valence electrons.